The van der Waals surface area contributed by atoms with Crippen LogP contribution >= 0.6 is 11.3 Å². The Hall–Kier alpha value is -2.34. The molecule has 0 saturated heterocycles. The first-order chi connectivity index (χ1) is 13.0. The molecule has 5 nitrogen and oxygen atoms in total. The highest BCUT2D eigenvalue weighted by Gasteiger charge is 2.22. The molecule has 0 saturated carbocycles. The van der Waals surface area contributed by atoms with Crippen LogP contribution in [0.3, 0.4) is 0 Å². The van der Waals surface area contributed by atoms with Crippen molar-refractivity contribution < 1.29 is 19.1 Å². The minimum absolute atomic E-state index is 0.0122. The van der Waals surface area contributed by atoms with Crippen LogP contribution in [0.25, 0.3) is 0 Å². The van der Waals surface area contributed by atoms with Gasteiger partial charge in [0, 0.05) is 41.8 Å². The van der Waals surface area contributed by atoms with E-state index in [9.17, 15) is 9.59 Å². The topological polar surface area (TPSA) is 64.6 Å². The van der Waals surface area contributed by atoms with Crippen molar-refractivity contribution in [1.29, 1.82) is 0 Å². The lowest BCUT2D eigenvalue weighted by molar-refractivity contribution is -0.121. The van der Waals surface area contributed by atoms with E-state index in [-0.39, 0.29) is 30.6 Å². The Morgan fingerprint density at radius 2 is 2.11 bits per heavy atom. The molecule has 2 aromatic rings. The number of Topliss-reactive ketones (excluding diaryl/α,β-unsaturated/α-hetero) is 1. The van der Waals surface area contributed by atoms with E-state index in [4.69, 9.17) is 9.47 Å². The Morgan fingerprint density at radius 1 is 1.30 bits per heavy atom. The molecule has 0 radical (unpaired) electrons. The third-order valence-electron chi connectivity index (χ3n) is 4.45. The van der Waals surface area contributed by atoms with Crippen LogP contribution < -0.4 is 14.8 Å². The van der Waals surface area contributed by atoms with Crippen molar-refractivity contribution in [3.8, 4) is 11.5 Å². The lowest BCUT2D eigenvalue weighted by Gasteiger charge is -2.13. The first kappa shape index (κ1) is 19.4. The fourth-order valence-electron chi connectivity index (χ4n) is 3.13. The summed E-state index contributed by atoms with van der Waals surface area (Å²) in [5.41, 5.74) is 2.02. The Balaban J connectivity index is 1.56. The van der Waals surface area contributed by atoms with E-state index < -0.39 is 0 Å². The van der Waals surface area contributed by atoms with Gasteiger partial charge in [-0.25, -0.2) is 0 Å². The molecule has 1 atom stereocenters. The second kappa shape index (κ2) is 8.57. The Labute approximate surface area is 163 Å². The number of hydrogen-bond donors (Lipinski definition) is 1. The summed E-state index contributed by atoms with van der Waals surface area (Å²) < 4.78 is 11.5. The number of rotatable bonds is 8. The van der Waals surface area contributed by atoms with Crippen molar-refractivity contribution >= 4 is 23.0 Å². The van der Waals surface area contributed by atoms with Crippen LogP contribution in [0.5, 0.6) is 11.5 Å². The van der Waals surface area contributed by atoms with Gasteiger partial charge in [0.05, 0.1) is 11.5 Å². The van der Waals surface area contributed by atoms with Gasteiger partial charge in [-0.2, -0.15) is 0 Å². The smallest absolute Gasteiger partial charge is 0.220 e. The number of carbonyl (C=O) groups is 2. The number of aryl methyl sites for hydroxylation is 1. The zero-order valence-corrected chi connectivity index (χ0v) is 16.8. The van der Waals surface area contributed by atoms with Crippen molar-refractivity contribution in [2.75, 3.05) is 6.61 Å². The second-order valence-electron chi connectivity index (χ2n) is 6.74. The van der Waals surface area contributed by atoms with Crippen molar-refractivity contribution in [3.63, 3.8) is 0 Å². The van der Waals surface area contributed by atoms with Crippen molar-refractivity contribution in [2.24, 2.45) is 0 Å². The molecule has 0 fully saturated rings. The first-order valence-corrected chi connectivity index (χ1v) is 10.1. The van der Waals surface area contributed by atoms with E-state index in [1.807, 2.05) is 45.0 Å². The van der Waals surface area contributed by atoms with Crippen molar-refractivity contribution in [1.82, 2.24) is 5.32 Å². The van der Waals surface area contributed by atoms with Crippen LogP contribution in [0, 0.1) is 6.92 Å². The zero-order valence-electron chi connectivity index (χ0n) is 16.0. The summed E-state index contributed by atoms with van der Waals surface area (Å²) in [6, 6.07) is 7.69. The lowest BCUT2D eigenvalue weighted by atomic mass is 10.1. The summed E-state index contributed by atoms with van der Waals surface area (Å²) in [6.45, 7) is 6.85. The van der Waals surface area contributed by atoms with Gasteiger partial charge in [-0.15, -0.1) is 11.3 Å². The highest BCUT2D eigenvalue weighted by atomic mass is 32.1. The number of carbonyl (C=O) groups excluding carboxylic acids is 2. The van der Waals surface area contributed by atoms with Gasteiger partial charge in [0.1, 0.15) is 17.6 Å². The highest BCUT2D eigenvalue weighted by molar-refractivity contribution is 7.14. The first-order valence-electron chi connectivity index (χ1n) is 9.27. The lowest BCUT2D eigenvalue weighted by Crippen LogP contribution is -2.23. The number of hydrogen-bond acceptors (Lipinski definition) is 5. The van der Waals surface area contributed by atoms with Gasteiger partial charge < -0.3 is 14.8 Å². The van der Waals surface area contributed by atoms with Crippen LogP contribution in [-0.4, -0.2) is 24.4 Å². The molecule has 6 heteroatoms. The highest BCUT2D eigenvalue weighted by Crippen LogP contribution is 2.35. The maximum Gasteiger partial charge on any atom is 0.220 e. The third-order valence-corrected chi connectivity index (χ3v) is 5.49. The maximum atomic E-state index is 12.2. The van der Waals surface area contributed by atoms with Gasteiger partial charge in [0.25, 0.3) is 0 Å². The molecule has 144 valence electrons. The normalized spacial score (nSPS) is 15.1. The summed E-state index contributed by atoms with van der Waals surface area (Å²) in [5, 5.41) is 2.89. The monoisotopic (exact) mass is 387 g/mol. The molecule has 1 aliphatic heterocycles. The van der Waals surface area contributed by atoms with Gasteiger partial charge in [0.2, 0.25) is 5.91 Å². The van der Waals surface area contributed by atoms with Crippen LogP contribution in [0.4, 0.5) is 0 Å². The van der Waals surface area contributed by atoms with E-state index in [1.54, 1.807) is 0 Å². The number of ether oxygens (including phenoxy) is 2. The summed E-state index contributed by atoms with van der Waals surface area (Å²) in [4.78, 5) is 26.1. The maximum absolute atomic E-state index is 12.2. The van der Waals surface area contributed by atoms with E-state index in [0.717, 1.165) is 33.9 Å². The number of ketones is 1. The van der Waals surface area contributed by atoms with Crippen LogP contribution in [-0.2, 0) is 17.8 Å². The van der Waals surface area contributed by atoms with Crippen LogP contribution in [0.2, 0.25) is 0 Å². The van der Waals surface area contributed by atoms with E-state index in [2.05, 4.69) is 5.32 Å². The summed E-state index contributed by atoms with van der Waals surface area (Å²) >= 11 is 1.46. The molecule has 1 aromatic heterocycles. The predicted molar refractivity (Wildman–Crippen MR) is 106 cm³/mol. The standard InChI is InChI=1S/C21H25NO4S/c1-4-25-18-10-15-9-13(2)26-19(15)11-16(18)12-22-21(24)8-6-17(23)20-7-5-14(3)27-20/h5,7,10-11,13H,4,6,8-9,12H2,1-3H3,(H,22,24). The number of amides is 1. The van der Waals surface area contributed by atoms with Gasteiger partial charge in [-0.05, 0) is 45.0 Å². The fraction of sp³-hybridized carbons (Fsp3) is 0.429. The Morgan fingerprint density at radius 3 is 2.81 bits per heavy atom. The molecule has 0 spiro atoms. The molecule has 27 heavy (non-hydrogen) atoms. The molecule has 2 heterocycles. The van der Waals surface area contributed by atoms with Crippen molar-refractivity contribution in [2.45, 2.75) is 52.7 Å². The SMILES string of the molecule is CCOc1cc2c(cc1CNC(=O)CCC(=O)c1ccc(C)s1)OC(C)C2. The number of fused-ring (bicyclic) bond motifs is 1. The van der Waals surface area contributed by atoms with Gasteiger partial charge in [0.15, 0.2) is 5.78 Å². The largest absolute Gasteiger partial charge is 0.494 e. The molecule has 1 N–H and O–H groups in total. The molecule has 1 aliphatic rings. The van der Waals surface area contributed by atoms with Gasteiger partial charge in [-0.3, -0.25) is 9.59 Å². The Bertz CT molecular complexity index is 843. The summed E-state index contributed by atoms with van der Waals surface area (Å²) in [6.07, 6.45) is 1.42. The molecule has 1 aromatic carbocycles. The predicted octanol–water partition coefficient (Wildman–Crippen LogP) is 4.06. The second-order valence-corrected chi connectivity index (χ2v) is 8.03. The summed E-state index contributed by atoms with van der Waals surface area (Å²) in [7, 11) is 0. The third kappa shape index (κ3) is 4.89. The minimum Gasteiger partial charge on any atom is -0.494 e. The van der Waals surface area contributed by atoms with Crippen LogP contribution in [0.1, 0.15) is 52.4 Å². The molecule has 0 bridgehead atoms. The van der Waals surface area contributed by atoms with Gasteiger partial charge in [-0.1, -0.05) is 0 Å². The number of nitrogens with one attached hydrogen (secondary N) is 1. The fourth-order valence-corrected chi connectivity index (χ4v) is 3.96. The summed E-state index contributed by atoms with van der Waals surface area (Å²) in [5.74, 6) is 1.50. The van der Waals surface area contributed by atoms with Crippen molar-refractivity contribution in [3.05, 3.63) is 45.1 Å². The minimum atomic E-state index is -0.145. The number of thiophene rings is 1. The quantitative estimate of drug-likeness (QED) is 0.694. The molecule has 3 rings (SSSR count). The molecular formula is C21H25NO4S. The van der Waals surface area contributed by atoms with Gasteiger partial charge >= 0.3 is 0 Å². The zero-order chi connectivity index (χ0) is 19.4. The molecule has 1 unspecified atom stereocenters. The average molecular weight is 388 g/mol. The Kier molecular flexibility index (Phi) is 6.16. The average Bonchev–Trinajstić information content (AvgIpc) is 3.22. The van der Waals surface area contributed by atoms with Crippen LogP contribution in [0.15, 0.2) is 24.3 Å². The molecule has 0 aliphatic carbocycles. The molecular weight excluding hydrogens is 362 g/mol. The van der Waals surface area contributed by atoms with E-state index in [0.29, 0.717) is 18.0 Å². The van der Waals surface area contributed by atoms with E-state index >= 15 is 0 Å². The van der Waals surface area contributed by atoms with E-state index in [1.165, 1.54) is 11.3 Å². The molecule has 1 amide bonds. The number of benzene rings is 1.